The summed E-state index contributed by atoms with van der Waals surface area (Å²) >= 11 is 0. The summed E-state index contributed by atoms with van der Waals surface area (Å²) < 4.78 is 134. The summed E-state index contributed by atoms with van der Waals surface area (Å²) in [5.41, 5.74) is -1.59. The minimum atomic E-state index is -4.95. The maximum Gasteiger partial charge on any atom is 0.416 e. The second-order valence-corrected chi connectivity index (χ2v) is 10.5. The molecule has 4 rings (SSSR count). The number of hydrogen-bond donors (Lipinski definition) is 1. The number of rotatable bonds is 5. The molecule has 224 valence electrons. The number of aryl methyl sites for hydroxylation is 1. The second-order valence-electron chi connectivity index (χ2n) is 9.11. The number of nitrogens with one attached hydrogen (secondary N) is 1. The molecule has 41 heavy (non-hydrogen) atoms. The van der Waals surface area contributed by atoms with Crippen molar-refractivity contribution in [2.75, 3.05) is 13.2 Å². The van der Waals surface area contributed by atoms with Gasteiger partial charge < -0.3 is 19.3 Å². The van der Waals surface area contributed by atoms with Crippen LogP contribution >= 0.6 is 0 Å². The molecule has 1 aliphatic rings. The Morgan fingerprint density at radius 2 is 1.46 bits per heavy atom. The van der Waals surface area contributed by atoms with E-state index in [4.69, 9.17) is 9.47 Å². The fraction of sp³-hybridized carbons (Fsp3) is 0.333. The molecule has 0 spiro atoms. The Morgan fingerprint density at radius 1 is 0.927 bits per heavy atom. The summed E-state index contributed by atoms with van der Waals surface area (Å²) in [5.74, 6) is -0.454. The molecule has 3 atom stereocenters. The van der Waals surface area contributed by atoms with E-state index in [0.717, 1.165) is 5.56 Å². The Morgan fingerprint density at radius 3 is 1.95 bits per heavy atom. The van der Waals surface area contributed by atoms with Crippen LogP contribution < -0.4 is 5.32 Å². The lowest BCUT2D eigenvalue weighted by atomic mass is 10.0. The normalized spacial score (nSPS) is 18.8. The van der Waals surface area contributed by atoms with Crippen molar-refractivity contribution in [3.05, 3.63) is 100 Å². The summed E-state index contributed by atoms with van der Waals surface area (Å²) in [6.45, 7) is 3.83. The third kappa shape index (κ3) is 9.23. The van der Waals surface area contributed by atoms with E-state index in [1.165, 1.54) is 43.3 Å². The molecule has 0 aromatic heterocycles. The highest BCUT2D eigenvalue weighted by Gasteiger charge is 2.38. The SMILES string of the molecule is C[C@@H](O[C@H]1OCCN[C@H]1c1ccc(F)cc1)c1cc(C(F)(F)F)cc(C(F)(F)F)c1.Cc1ccc(S(=O)(=O)[O-])cc1. The van der Waals surface area contributed by atoms with Gasteiger partial charge in [-0.05, 0) is 67.4 Å². The minimum Gasteiger partial charge on any atom is -0.744 e. The van der Waals surface area contributed by atoms with E-state index >= 15 is 0 Å². The van der Waals surface area contributed by atoms with Gasteiger partial charge in [-0.15, -0.1) is 0 Å². The molecule has 6 nitrogen and oxygen atoms in total. The quantitative estimate of drug-likeness (QED) is 0.262. The fourth-order valence-corrected chi connectivity index (χ4v) is 4.31. The predicted octanol–water partition coefficient (Wildman–Crippen LogP) is 6.53. The Bertz CT molecular complexity index is 1380. The molecule has 0 radical (unpaired) electrons. The number of morpholine rings is 1. The van der Waals surface area contributed by atoms with Crippen molar-refractivity contribution in [1.82, 2.24) is 5.32 Å². The number of ether oxygens (including phenoxy) is 2. The van der Waals surface area contributed by atoms with Gasteiger partial charge in [0.15, 0.2) is 6.29 Å². The van der Waals surface area contributed by atoms with E-state index in [1.54, 1.807) is 12.1 Å². The van der Waals surface area contributed by atoms with Gasteiger partial charge in [0.05, 0.1) is 34.8 Å². The molecular formula is C27H25F7NO5S-. The molecule has 3 aromatic carbocycles. The number of benzene rings is 3. The van der Waals surface area contributed by atoms with Crippen LogP contribution in [0.5, 0.6) is 0 Å². The maximum atomic E-state index is 13.2. The summed E-state index contributed by atoms with van der Waals surface area (Å²) in [4.78, 5) is -0.178. The van der Waals surface area contributed by atoms with E-state index in [0.29, 0.717) is 24.2 Å². The molecule has 0 unspecified atom stereocenters. The first-order valence-electron chi connectivity index (χ1n) is 12.0. The molecular weight excluding hydrogens is 583 g/mol. The highest BCUT2D eigenvalue weighted by molar-refractivity contribution is 7.85. The van der Waals surface area contributed by atoms with Gasteiger partial charge in [0.1, 0.15) is 15.9 Å². The standard InChI is InChI=1S/C20H18F7NO2.C7H8O3S/c1-11(13-8-14(19(22,23)24)10-15(9-13)20(25,26)27)30-18-17(28-6-7-29-18)12-2-4-16(21)5-3-12;1-6-2-4-7(5-3-6)11(8,9)10/h2-5,8-11,17-18,28H,6-7H2,1H3;2-5H,1H3,(H,8,9,10)/p-1/t11-,17+,18-;/m1./s1. The van der Waals surface area contributed by atoms with E-state index in [9.17, 15) is 43.7 Å². The first-order valence-corrected chi connectivity index (χ1v) is 13.4. The molecule has 0 amide bonds. The summed E-state index contributed by atoms with van der Waals surface area (Å²) in [5, 5.41) is 3.10. The smallest absolute Gasteiger partial charge is 0.416 e. The zero-order valence-electron chi connectivity index (χ0n) is 21.6. The zero-order chi connectivity index (χ0) is 30.6. The number of halogens is 7. The van der Waals surface area contributed by atoms with Crippen LogP contribution in [0.2, 0.25) is 0 Å². The lowest BCUT2D eigenvalue weighted by molar-refractivity contribution is -0.200. The Hall–Kier alpha value is -3.04. The zero-order valence-corrected chi connectivity index (χ0v) is 22.4. The summed E-state index contributed by atoms with van der Waals surface area (Å²) in [7, 11) is -4.27. The molecule has 14 heteroatoms. The van der Waals surface area contributed by atoms with E-state index in [-0.39, 0.29) is 23.1 Å². The Balaban J connectivity index is 0.000000352. The predicted molar refractivity (Wildman–Crippen MR) is 132 cm³/mol. The highest BCUT2D eigenvalue weighted by atomic mass is 32.2. The van der Waals surface area contributed by atoms with Crippen molar-refractivity contribution in [3.63, 3.8) is 0 Å². The van der Waals surface area contributed by atoms with E-state index in [2.05, 4.69) is 5.32 Å². The van der Waals surface area contributed by atoms with Crippen molar-refractivity contribution in [3.8, 4) is 0 Å². The number of alkyl halides is 6. The Kier molecular flexibility index (Phi) is 10.2. The van der Waals surface area contributed by atoms with Crippen LogP contribution in [0.1, 0.15) is 46.9 Å². The molecule has 0 bridgehead atoms. The molecule has 1 saturated heterocycles. The van der Waals surface area contributed by atoms with Crippen molar-refractivity contribution in [2.24, 2.45) is 0 Å². The van der Waals surface area contributed by atoms with E-state index < -0.39 is 57.9 Å². The highest BCUT2D eigenvalue weighted by Crippen LogP contribution is 2.38. The molecule has 0 aliphatic carbocycles. The lowest BCUT2D eigenvalue weighted by Crippen LogP contribution is -2.43. The molecule has 1 heterocycles. The third-order valence-electron chi connectivity index (χ3n) is 5.98. The molecule has 1 N–H and O–H groups in total. The maximum absolute atomic E-state index is 13.2. The first kappa shape index (κ1) is 32.5. The van der Waals surface area contributed by atoms with Gasteiger partial charge in [-0.25, -0.2) is 12.8 Å². The van der Waals surface area contributed by atoms with Gasteiger partial charge >= 0.3 is 12.4 Å². The van der Waals surface area contributed by atoms with Crippen LogP contribution in [0.3, 0.4) is 0 Å². The van der Waals surface area contributed by atoms with Crippen molar-refractivity contribution >= 4 is 10.1 Å². The van der Waals surface area contributed by atoms with Gasteiger partial charge in [-0.2, -0.15) is 26.3 Å². The molecule has 1 aliphatic heterocycles. The Labute approximate surface area is 231 Å². The minimum absolute atomic E-state index is 0.0657. The van der Waals surface area contributed by atoms with Gasteiger partial charge in [0.25, 0.3) is 0 Å². The van der Waals surface area contributed by atoms with Crippen LogP contribution in [0.25, 0.3) is 0 Å². The van der Waals surface area contributed by atoms with Gasteiger partial charge in [-0.1, -0.05) is 29.8 Å². The van der Waals surface area contributed by atoms with Crippen LogP contribution in [0.15, 0.2) is 71.6 Å². The van der Waals surface area contributed by atoms with Gasteiger partial charge in [0, 0.05) is 6.54 Å². The lowest BCUT2D eigenvalue weighted by Gasteiger charge is -2.34. The average molecular weight is 609 g/mol. The molecule has 0 saturated carbocycles. The molecule has 1 fully saturated rings. The summed E-state index contributed by atoms with van der Waals surface area (Å²) in [6, 6.07) is 12.0. The second kappa shape index (κ2) is 12.9. The monoisotopic (exact) mass is 608 g/mol. The van der Waals surface area contributed by atoms with Crippen LogP contribution in [0.4, 0.5) is 30.7 Å². The van der Waals surface area contributed by atoms with Gasteiger partial charge in [-0.3, -0.25) is 0 Å². The average Bonchev–Trinajstić information content (AvgIpc) is 2.88. The van der Waals surface area contributed by atoms with E-state index in [1.807, 2.05) is 6.92 Å². The van der Waals surface area contributed by atoms with Crippen LogP contribution in [-0.4, -0.2) is 32.4 Å². The molecule has 3 aromatic rings. The largest absolute Gasteiger partial charge is 0.744 e. The van der Waals surface area contributed by atoms with Crippen LogP contribution in [0, 0.1) is 12.7 Å². The van der Waals surface area contributed by atoms with Crippen molar-refractivity contribution < 1.29 is 53.2 Å². The van der Waals surface area contributed by atoms with Crippen molar-refractivity contribution in [1.29, 1.82) is 0 Å². The van der Waals surface area contributed by atoms with Crippen LogP contribution in [-0.2, 0) is 31.9 Å². The van der Waals surface area contributed by atoms with Gasteiger partial charge in [0.2, 0.25) is 0 Å². The first-order chi connectivity index (χ1) is 18.9. The summed E-state index contributed by atoms with van der Waals surface area (Å²) in [6.07, 6.45) is -12.0. The number of hydrogen-bond acceptors (Lipinski definition) is 6. The third-order valence-corrected chi connectivity index (χ3v) is 6.83. The fourth-order valence-electron chi connectivity index (χ4n) is 3.84. The van der Waals surface area contributed by atoms with Crippen molar-refractivity contribution in [2.45, 2.75) is 49.5 Å². The topological polar surface area (TPSA) is 87.7 Å².